The van der Waals surface area contributed by atoms with Crippen molar-refractivity contribution in [2.45, 2.75) is 6.92 Å². The number of amides is 2. The normalized spacial score (nSPS) is 10.6. The van der Waals surface area contributed by atoms with Crippen molar-refractivity contribution in [3.63, 3.8) is 0 Å². The Morgan fingerprint density at radius 3 is 2.33 bits per heavy atom. The number of carbonyl (C=O) groups excluding carboxylic acids is 2. The Morgan fingerprint density at radius 2 is 1.53 bits per heavy atom. The quantitative estimate of drug-likeness (QED) is 0.526. The molecule has 6 nitrogen and oxygen atoms in total. The summed E-state index contributed by atoms with van der Waals surface area (Å²) in [6.45, 7) is 1.86. The summed E-state index contributed by atoms with van der Waals surface area (Å²) < 4.78 is 5.57. The maximum Gasteiger partial charge on any atom is 0.291 e. The fraction of sp³-hybridized carbons (Fsp3) is 0.0417. The van der Waals surface area contributed by atoms with Gasteiger partial charge in [-0.3, -0.25) is 14.4 Å². The van der Waals surface area contributed by atoms with E-state index in [4.69, 9.17) is 4.42 Å². The van der Waals surface area contributed by atoms with Gasteiger partial charge in [0.25, 0.3) is 11.8 Å². The van der Waals surface area contributed by atoms with Gasteiger partial charge in [-0.25, -0.2) is 0 Å². The Hall–Kier alpha value is -4.19. The third kappa shape index (κ3) is 3.98. The minimum absolute atomic E-state index is 0.0888. The van der Waals surface area contributed by atoms with Gasteiger partial charge in [0.05, 0.1) is 5.39 Å². The van der Waals surface area contributed by atoms with Crippen molar-refractivity contribution in [3.8, 4) is 0 Å². The summed E-state index contributed by atoms with van der Waals surface area (Å²) in [5, 5.41) is 5.97. The first-order chi connectivity index (χ1) is 14.5. The molecule has 3 aromatic carbocycles. The molecule has 0 aliphatic carbocycles. The van der Waals surface area contributed by atoms with Crippen LogP contribution in [0.5, 0.6) is 0 Å². The lowest BCUT2D eigenvalue weighted by Crippen LogP contribution is -2.16. The van der Waals surface area contributed by atoms with E-state index in [1.165, 1.54) is 6.07 Å². The van der Waals surface area contributed by atoms with E-state index in [-0.39, 0.29) is 17.1 Å². The molecular formula is C24H18N2O4. The molecule has 148 valence electrons. The van der Waals surface area contributed by atoms with Crippen molar-refractivity contribution in [1.29, 1.82) is 0 Å². The van der Waals surface area contributed by atoms with Crippen LogP contribution in [0, 0.1) is 6.92 Å². The molecule has 0 atom stereocenters. The second-order valence-electron chi connectivity index (χ2n) is 6.78. The molecule has 0 bridgehead atoms. The zero-order valence-electron chi connectivity index (χ0n) is 16.1. The SMILES string of the molecule is Cc1ccc(NC(=O)c2cc(=O)c3ccccc3o2)cc1NC(=O)c1ccccc1. The summed E-state index contributed by atoms with van der Waals surface area (Å²) >= 11 is 0. The minimum Gasteiger partial charge on any atom is -0.451 e. The Morgan fingerprint density at radius 1 is 0.800 bits per heavy atom. The Kier molecular flexibility index (Phi) is 5.13. The summed E-state index contributed by atoms with van der Waals surface area (Å²) in [4.78, 5) is 37.3. The fourth-order valence-corrected chi connectivity index (χ4v) is 3.03. The monoisotopic (exact) mass is 398 g/mol. The van der Waals surface area contributed by atoms with Crippen LogP contribution >= 0.6 is 0 Å². The molecular weight excluding hydrogens is 380 g/mol. The maximum atomic E-state index is 12.6. The molecule has 0 aliphatic rings. The minimum atomic E-state index is -0.554. The third-order valence-corrected chi connectivity index (χ3v) is 4.64. The zero-order valence-corrected chi connectivity index (χ0v) is 16.1. The van der Waals surface area contributed by atoms with Gasteiger partial charge in [0, 0.05) is 23.0 Å². The summed E-state index contributed by atoms with van der Waals surface area (Å²) in [6.07, 6.45) is 0. The van der Waals surface area contributed by atoms with Gasteiger partial charge < -0.3 is 15.1 Å². The highest BCUT2D eigenvalue weighted by Gasteiger charge is 2.14. The molecule has 4 aromatic rings. The predicted molar refractivity (Wildman–Crippen MR) is 116 cm³/mol. The highest BCUT2D eigenvalue weighted by molar-refractivity contribution is 6.06. The van der Waals surface area contributed by atoms with Gasteiger partial charge in [-0.15, -0.1) is 0 Å². The Bertz CT molecular complexity index is 1310. The van der Waals surface area contributed by atoms with Crippen LogP contribution in [0.3, 0.4) is 0 Å². The summed E-state index contributed by atoms with van der Waals surface area (Å²) in [7, 11) is 0. The fourth-order valence-electron chi connectivity index (χ4n) is 3.03. The van der Waals surface area contributed by atoms with Crippen LogP contribution < -0.4 is 16.1 Å². The molecule has 4 rings (SSSR count). The summed E-state index contributed by atoms with van der Waals surface area (Å²) in [5.74, 6) is -0.890. The van der Waals surface area contributed by atoms with Crippen LogP contribution in [0.4, 0.5) is 11.4 Å². The second kappa shape index (κ2) is 8.05. The van der Waals surface area contributed by atoms with Gasteiger partial charge in [-0.2, -0.15) is 0 Å². The van der Waals surface area contributed by atoms with Gasteiger partial charge in [-0.05, 0) is 48.9 Å². The number of hydrogen-bond donors (Lipinski definition) is 2. The van der Waals surface area contributed by atoms with Crippen molar-refractivity contribution in [3.05, 3.63) is 106 Å². The van der Waals surface area contributed by atoms with E-state index in [0.29, 0.717) is 27.9 Å². The molecule has 0 radical (unpaired) electrons. The lowest BCUT2D eigenvalue weighted by Gasteiger charge is -2.12. The molecule has 1 heterocycles. The number of aryl methyl sites for hydroxylation is 1. The van der Waals surface area contributed by atoms with Crippen LogP contribution in [0.2, 0.25) is 0 Å². The van der Waals surface area contributed by atoms with Crippen molar-refractivity contribution in [1.82, 2.24) is 0 Å². The number of benzene rings is 3. The molecule has 0 saturated carbocycles. The lowest BCUT2D eigenvalue weighted by atomic mass is 10.1. The van der Waals surface area contributed by atoms with E-state index in [1.807, 2.05) is 13.0 Å². The average molecular weight is 398 g/mol. The van der Waals surface area contributed by atoms with Crippen molar-refractivity contribution in [2.75, 3.05) is 10.6 Å². The molecule has 1 aromatic heterocycles. The number of nitrogens with one attached hydrogen (secondary N) is 2. The highest BCUT2D eigenvalue weighted by Crippen LogP contribution is 2.22. The lowest BCUT2D eigenvalue weighted by molar-refractivity contribution is 0.0995. The first kappa shape index (κ1) is 19.1. The molecule has 30 heavy (non-hydrogen) atoms. The first-order valence-electron chi connectivity index (χ1n) is 9.32. The van der Waals surface area contributed by atoms with Gasteiger partial charge in [0.1, 0.15) is 5.58 Å². The molecule has 0 unspecified atom stereocenters. The highest BCUT2D eigenvalue weighted by atomic mass is 16.3. The molecule has 2 amide bonds. The molecule has 0 saturated heterocycles. The molecule has 0 fully saturated rings. The number of para-hydroxylation sites is 1. The van der Waals surface area contributed by atoms with E-state index in [0.717, 1.165) is 5.56 Å². The third-order valence-electron chi connectivity index (χ3n) is 4.64. The van der Waals surface area contributed by atoms with E-state index < -0.39 is 5.91 Å². The largest absolute Gasteiger partial charge is 0.451 e. The van der Waals surface area contributed by atoms with E-state index >= 15 is 0 Å². The topological polar surface area (TPSA) is 88.4 Å². The summed E-state index contributed by atoms with van der Waals surface area (Å²) in [6, 6.07) is 21.9. The smallest absolute Gasteiger partial charge is 0.291 e. The van der Waals surface area contributed by atoms with E-state index in [9.17, 15) is 14.4 Å². The van der Waals surface area contributed by atoms with Gasteiger partial charge in [0.15, 0.2) is 11.2 Å². The Balaban J connectivity index is 1.56. The number of rotatable bonds is 4. The van der Waals surface area contributed by atoms with E-state index in [1.54, 1.807) is 66.7 Å². The van der Waals surface area contributed by atoms with Gasteiger partial charge in [0.2, 0.25) is 0 Å². The van der Waals surface area contributed by atoms with Crippen molar-refractivity contribution in [2.24, 2.45) is 0 Å². The molecule has 2 N–H and O–H groups in total. The number of carbonyl (C=O) groups is 2. The number of fused-ring (bicyclic) bond motifs is 1. The van der Waals surface area contributed by atoms with E-state index in [2.05, 4.69) is 10.6 Å². The maximum absolute atomic E-state index is 12.6. The van der Waals surface area contributed by atoms with Crippen LogP contribution in [0.1, 0.15) is 26.5 Å². The molecule has 0 spiro atoms. The van der Waals surface area contributed by atoms with Crippen LogP contribution in [0.25, 0.3) is 11.0 Å². The van der Waals surface area contributed by atoms with Crippen LogP contribution in [-0.4, -0.2) is 11.8 Å². The number of hydrogen-bond acceptors (Lipinski definition) is 4. The first-order valence-corrected chi connectivity index (χ1v) is 9.32. The van der Waals surface area contributed by atoms with Gasteiger partial charge >= 0.3 is 0 Å². The summed E-state index contributed by atoms with van der Waals surface area (Å²) in [5.41, 5.74) is 2.46. The predicted octanol–water partition coefficient (Wildman–Crippen LogP) is 4.61. The average Bonchev–Trinajstić information content (AvgIpc) is 2.76. The van der Waals surface area contributed by atoms with Crippen LogP contribution in [-0.2, 0) is 0 Å². The Labute approximate surface area is 172 Å². The van der Waals surface area contributed by atoms with Crippen LogP contribution in [0.15, 0.2) is 88.1 Å². The standard InChI is InChI=1S/C24H18N2O4/c1-15-11-12-17(13-19(15)26-23(28)16-7-3-2-4-8-16)25-24(29)22-14-20(27)18-9-5-6-10-21(18)30-22/h2-14H,1H3,(H,25,29)(H,26,28). The van der Waals surface area contributed by atoms with Crippen molar-refractivity contribution >= 4 is 34.2 Å². The van der Waals surface area contributed by atoms with Gasteiger partial charge in [-0.1, -0.05) is 36.4 Å². The second-order valence-corrected chi connectivity index (χ2v) is 6.78. The number of anilines is 2. The molecule has 6 heteroatoms. The zero-order chi connectivity index (χ0) is 21.1. The van der Waals surface area contributed by atoms with Crippen molar-refractivity contribution < 1.29 is 14.0 Å². The molecule has 0 aliphatic heterocycles.